The molecule has 3 nitrogen and oxygen atoms in total. The summed E-state index contributed by atoms with van der Waals surface area (Å²) in [6, 6.07) is 0. The number of hydrogen-bond acceptors (Lipinski definition) is 2. The largest absolute Gasteiger partial charge is 0.481 e. The van der Waals surface area contributed by atoms with Crippen LogP contribution in [0, 0.1) is 5.92 Å². The first-order chi connectivity index (χ1) is 5.74. The third-order valence-electron chi connectivity index (χ3n) is 2.32. The molecule has 0 aliphatic carbocycles. The van der Waals surface area contributed by atoms with Gasteiger partial charge in [0.25, 0.3) is 0 Å². The Morgan fingerprint density at radius 1 is 1.54 bits per heavy atom. The van der Waals surface area contributed by atoms with Crippen molar-refractivity contribution in [2.45, 2.75) is 12.8 Å². The van der Waals surface area contributed by atoms with Gasteiger partial charge in [0.2, 0.25) is 0 Å². The van der Waals surface area contributed by atoms with E-state index in [1.54, 1.807) is 0 Å². The van der Waals surface area contributed by atoms with Crippen molar-refractivity contribution in [1.29, 1.82) is 0 Å². The normalized spacial score (nSPS) is 19.1. The van der Waals surface area contributed by atoms with Crippen LogP contribution in [0.2, 0.25) is 0 Å². The van der Waals surface area contributed by atoms with E-state index in [4.69, 9.17) is 5.11 Å². The van der Waals surface area contributed by atoms with E-state index in [0.717, 1.165) is 32.5 Å². The van der Waals surface area contributed by atoms with Crippen molar-refractivity contribution in [3.63, 3.8) is 0 Å². The summed E-state index contributed by atoms with van der Waals surface area (Å²) in [5, 5.41) is 8.72. The maximum Gasteiger partial charge on any atom is 0.306 e. The Morgan fingerprint density at radius 3 is 2.46 bits per heavy atom. The smallest absolute Gasteiger partial charge is 0.306 e. The van der Waals surface area contributed by atoms with E-state index < -0.39 is 5.97 Å². The van der Waals surface area contributed by atoms with Gasteiger partial charge in [-0.25, -0.2) is 0 Å². The molecule has 76 valence electrons. The summed E-state index contributed by atoms with van der Waals surface area (Å²) in [6.45, 7) is 6.32. The molecule has 13 heavy (non-hydrogen) atoms. The monoisotopic (exact) mass is 205 g/mol. The van der Waals surface area contributed by atoms with Crippen molar-refractivity contribution in [2.75, 3.05) is 19.6 Å². The van der Waals surface area contributed by atoms with E-state index in [1.165, 1.54) is 0 Å². The van der Waals surface area contributed by atoms with Crippen LogP contribution in [0.5, 0.6) is 0 Å². The lowest BCUT2D eigenvalue weighted by Gasteiger charge is -2.28. The second-order valence-electron chi connectivity index (χ2n) is 3.20. The summed E-state index contributed by atoms with van der Waals surface area (Å²) in [7, 11) is 0. The molecular formula is C9H16ClNO2. The van der Waals surface area contributed by atoms with Gasteiger partial charge in [-0.3, -0.25) is 9.69 Å². The van der Waals surface area contributed by atoms with Crippen LogP contribution in [-0.2, 0) is 4.79 Å². The average Bonchev–Trinajstić information content (AvgIpc) is 2.06. The standard InChI is InChI=1S/C9H15NO2.ClH/c1-2-5-10-6-3-8(4-7-10)9(11)12;/h2,8H,1,3-7H2,(H,11,12);1H. The summed E-state index contributed by atoms with van der Waals surface area (Å²) in [5.74, 6) is -0.765. The highest BCUT2D eigenvalue weighted by Crippen LogP contribution is 2.16. The van der Waals surface area contributed by atoms with Crippen LogP contribution >= 0.6 is 12.4 Å². The minimum Gasteiger partial charge on any atom is -0.481 e. The first-order valence-electron chi connectivity index (χ1n) is 4.30. The van der Waals surface area contributed by atoms with Crippen LogP contribution in [-0.4, -0.2) is 35.6 Å². The van der Waals surface area contributed by atoms with Gasteiger partial charge in [0.15, 0.2) is 0 Å². The van der Waals surface area contributed by atoms with Gasteiger partial charge in [-0.2, -0.15) is 0 Å². The van der Waals surface area contributed by atoms with Crippen molar-refractivity contribution < 1.29 is 9.90 Å². The number of carboxylic acid groups (broad SMARTS) is 1. The van der Waals surface area contributed by atoms with Gasteiger partial charge < -0.3 is 5.11 Å². The maximum absolute atomic E-state index is 10.6. The molecule has 1 N–H and O–H groups in total. The lowest BCUT2D eigenvalue weighted by atomic mass is 9.97. The molecule has 1 heterocycles. The number of likely N-dealkylation sites (tertiary alicyclic amines) is 1. The van der Waals surface area contributed by atoms with Crippen LogP contribution in [0.3, 0.4) is 0 Å². The van der Waals surface area contributed by atoms with Crippen molar-refractivity contribution in [1.82, 2.24) is 4.90 Å². The van der Waals surface area contributed by atoms with Crippen LogP contribution in [0.25, 0.3) is 0 Å². The predicted octanol–water partition coefficient (Wildman–Crippen LogP) is 1.39. The van der Waals surface area contributed by atoms with Gasteiger partial charge in [0.05, 0.1) is 5.92 Å². The molecule has 0 aromatic heterocycles. The SMILES string of the molecule is C=CCN1CCC(C(=O)O)CC1.Cl. The molecule has 1 aliphatic heterocycles. The highest BCUT2D eigenvalue weighted by atomic mass is 35.5. The van der Waals surface area contributed by atoms with E-state index in [-0.39, 0.29) is 18.3 Å². The summed E-state index contributed by atoms with van der Waals surface area (Å²) in [6.07, 6.45) is 3.42. The molecule has 1 saturated heterocycles. The van der Waals surface area contributed by atoms with Gasteiger partial charge in [-0.05, 0) is 25.9 Å². The molecule has 0 amide bonds. The van der Waals surface area contributed by atoms with Gasteiger partial charge in [-0.15, -0.1) is 19.0 Å². The first kappa shape index (κ1) is 12.5. The van der Waals surface area contributed by atoms with Crippen molar-refractivity contribution >= 4 is 18.4 Å². The molecule has 0 saturated carbocycles. The minimum absolute atomic E-state index is 0. The molecule has 0 unspecified atom stereocenters. The zero-order valence-corrected chi connectivity index (χ0v) is 8.42. The molecule has 1 fully saturated rings. The van der Waals surface area contributed by atoms with Gasteiger partial charge in [0, 0.05) is 6.54 Å². The molecule has 0 radical (unpaired) electrons. The fourth-order valence-electron chi connectivity index (χ4n) is 1.55. The topological polar surface area (TPSA) is 40.5 Å². The van der Waals surface area contributed by atoms with Gasteiger partial charge >= 0.3 is 5.97 Å². The maximum atomic E-state index is 10.6. The van der Waals surface area contributed by atoms with Crippen LogP contribution < -0.4 is 0 Å². The Labute approximate surface area is 84.8 Å². The molecule has 0 aromatic carbocycles. The zero-order chi connectivity index (χ0) is 8.97. The summed E-state index contributed by atoms with van der Waals surface area (Å²) >= 11 is 0. The number of carbonyl (C=O) groups is 1. The summed E-state index contributed by atoms with van der Waals surface area (Å²) < 4.78 is 0. The average molecular weight is 206 g/mol. The van der Waals surface area contributed by atoms with Gasteiger partial charge in [-0.1, -0.05) is 6.08 Å². The van der Waals surface area contributed by atoms with E-state index in [1.807, 2.05) is 6.08 Å². The van der Waals surface area contributed by atoms with E-state index in [2.05, 4.69) is 11.5 Å². The molecule has 1 aliphatic rings. The van der Waals surface area contributed by atoms with Gasteiger partial charge in [0.1, 0.15) is 0 Å². The molecule has 0 atom stereocenters. The zero-order valence-electron chi connectivity index (χ0n) is 7.61. The van der Waals surface area contributed by atoms with Crippen LogP contribution in [0.15, 0.2) is 12.7 Å². The number of rotatable bonds is 3. The summed E-state index contributed by atoms with van der Waals surface area (Å²) in [4.78, 5) is 12.8. The molecule has 0 bridgehead atoms. The van der Waals surface area contributed by atoms with E-state index in [0.29, 0.717) is 0 Å². The number of hydrogen-bond donors (Lipinski definition) is 1. The third kappa shape index (κ3) is 3.79. The Bertz CT molecular complexity index is 176. The molecule has 4 heteroatoms. The minimum atomic E-state index is -0.645. The fourth-order valence-corrected chi connectivity index (χ4v) is 1.55. The Balaban J connectivity index is 0.00000144. The highest BCUT2D eigenvalue weighted by molar-refractivity contribution is 5.85. The van der Waals surface area contributed by atoms with E-state index in [9.17, 15) is 4.79 Å². The number of piperidine rings is 1. The lowest BCUT2D eigenvalue weighted by Crippen LogP contribution is -2.36. The second kappa shape index (κ2) is 6.00. The lowest BCUT2D eigenvalue weighted by molar-refractivity contribution is -0.143. The number of halogens is 1. The predicted molar refractivity (Wildman–Crippen MR) is 54.2 cm³/mol. The Kier molecular flexibility index (Phi) is 5.75. The van der Waals surface area contributed by atoms with Crippen LogP contribution in [0.4, 0.5) is 0 Å². The second-order valence-corrected chi connectivity index (χ2v) is 3.20. The van der Waals surface area contributed by atoms with E-state index >= 15 is 0 Å². The van der Waals surface area contributed by atoms with Crippen molar-refractivity contribution in [2.24, 2.45) is 5.92 Å². The van der Waals surface area contributed by atoms with Crippen LogP contribution in [0.1, 0.15) is 12.8 Å². The number of aliphatic carboxylic acids is 1. The molecule has 0 aromatic rings. The molecule has 0 spiro atoms. The first-order valence-corrected chi connectivity index (χ1v) is 4.30. The molecular weight excluding hydrogens is 190 g/mol. The van der Waals surface area contributed by atoms with Crippen molar-refractivity contribution in [3.8, 4) is 0 Å². The summed E-state index contributed by atoms with van der Waals surface area (Å²) in [5.41, 5.74) is 0. The molecule has 1 rings (SSSR count). The number of nitrogens with zero attached hydrogens (tertiary/aromatic N) is 1. The Hall–Kier alpha value is -0.540. The highest BCUT2D eigenvalue weighted by Gasteiger charge is 2.23. The Morgan fingerprint density at radius 2 is 2.08 bits per heavy atom. The fraction of sp³-hybridized carbons (Fsp3) is 0.667. The quantitative estimate of drug-likeness (QED) is 0.708. The third-order valence-corrected chi connectivity index (χ3v) is 2.32. The van der Waals surface area contributed by atoms with Crippen molar-refractivity contribution in [3.05, 3.63) is 12.7 Å². The number of carboxylic acids is 1.